The van der Waals surface area contributed by atoms with Crippen molar-refractivity contribution < 1.29 is 18.3 Å². The Labute approximate surface area is 124 Å². The number of rotatable bonds is 9. The Hall–Kier alpha value is -1.85. The first-order valence-electron chi connectivity index (χ1n) is 6.72. The molecule has 0 spiro atoms. The van der Waals surface area contributed by atoms with Crippen molar-refractivity contribution in [2.75, 3.05) is 6.54 Å². The van der Waals surface area contributed by atoms with E-state index in [1.165, 1.54) is 10.8 Å². The molecule has 0 fully saturated rings. The van der Waals surface area contributed by atoms with Gasteiger partial charge in [-0.1, -0.05) is 6.92 Å². The average Bonchev–Trinajstić information content (AvgIpc) is 2.84. The molecule has 0 saturated carbocycles. The van der Waals surface area contributed by atoms with Crippen LogP contribution in [0, 0.1) is 11.3 Å². The third kappa shape index (κ3) is 4.88. The van der Waals surface area contributed by atoms with Gasteiger partial charge in [0.1, 0.15) is 10.6 Å². The van der Waals surface area contributed by atoms with Gasteiger partial charge in [-0.15, -0.1) is 0 Å². The van der Waals surface area contributed by atoms with Crippen LogP contribution in [-0.4, -0.2) is 30.6 Å². The predicted molar refractivity (Wildman–Crippen MR) is 76.3 cm³/mol. The number of nitrogens with one attached hydrogen (secondary N) is 1. The van der Waals surface area contributed by atoms with Crippen LogP contribution in [0.1, 0.15) is 43.1 Å². The Bertz CT molecular complexity index is 628. The molecule has 1 rings (SSSR count). The van der Waals surface area contributed by atoms with Crippen LogP contribution in [0.3, 0.4) is 0 Å². The van der Waals surface area contributed by atoms with Gasteiger partial charge in [0.25, 0.3) is 0 Å². The molecule has 116 valence electrons. The Kier molecular flexibility index (Phi) is 6.39. The van der Waals surface area contributed by atoms with Gasteiger partial charge in [-0.3, -0.25) is 0 Å². The number of aromatic carboxylic acids is 1. The lowest BCUT2D eigenvalue weighted by Crippen LogP contribution is -2.24. The number of nitriles is 1. The summed E-state index contributed by atoms with van der Waals surface area (Å²) >= 11 is 0. The van der Waals surface area contributed by atoms with Crippen molar-refractivity contribution in [1.29, 1.82) is 5.26 Å². The second kappa shape index (κ2) is 7.81. The van der Waals surface area contributed by atoms with Gasteiger partial charge in [-0.25, -0.2) is 17.9 Å². The first-order chi connectivity index (χ1) is 9.92. The zero-order valence-electron chi connectivity index (χ0n) is 11.9. The third-order valence-electron chi connectivity index (χ3n) is 2.87. The van der Waals surface area contributed by atoms with Crippen LogP contribution in [0.25, 0.3) is 0 Å². The lowest BCUT2D eigenvalue weighted by molar-refractivity contribution is 0.0685. The lowest BCUT2D eigenvalue weighted by atomic mass is 10.2. The second-order valence-electron chi connectivity index (χ2n) is 4.57. The number of aryl methyl sites for hydroxylation is 1. The highest BCUT2D eigenvalue weighted by molar-refractivity contribution is 7.89. The van der Waals surface area contributed by atoms with Gasteiger partial charge < -0.3 is 9.67 Å². The van der Waals surface area contributed by atoms with E-state index in [0.717, 1.165) is 6.07 Å². The first-order valence-corrected chi connectivity index (χ1v) is 8.20. The fraction of sp³-hybridized carbons (Fsp3) is 0.538. The summed E-state index contributed by atoms with van der Waals surface area (Å²) in [5.41, 5.74) is -0.0401. The summed E-state index contributed by atoms with van der Waals surface area (Å²) < 4.78 is 28.0. The molecular formula is C13H19N3O4S. The summed E-state index contributed by atoms with van der Waals surface area (Å²) in [4.78, 5) is 11.1. The molecule has 21 heavy (non-hydrogen) atoms. The van der Waals surface area contributed by atoms with Crippen molar-refractivity contribution >= 4 is 16.0 Å². The van der Waals surface area contributed by atoms with Crippen LogP contribution < -0.4 is 4.72 Å². The van der Waals surface area contributed by atoms with E-state index in [0.29, 0.717) is 32.2 Å². The largest absolute Gasteiger partial charge is 0.477 e. The molecule has 0 bridgehead atoms. The van der Waals surface area contributed by atoms with E-state index in [-0.39, 0.29) is 17.1 Å². The molecule has 0 saturated heterocycles. The van der Waals surface area contributed by atoms with Gasteiger partial charge in [0.15, 0.2) is 0 Å². The van der Waals surface area contributed by atoms with Gasteiger partial charge in [0, 0.05) is 25.7 Å². The van der Waals surface area contributed by atoms with E-state index in [2.05, 4.69) is 4.72 Å². The Balaban J connectivity index is 2.81. The molecule has 0 amide bonds. The second-order valence-corrected chi connectivity index (χ2v) is 6.34. The zero-order chi connectivity index (χ0) is 15.9. The van der Waals surface area contributed by atoms with Crippen LogP contribution in [0.5, 0.6) is 0 Å². The summed E-state index contributed by atoms with van der Waals surface area (Å²) in [7, 11) is -3.72. The number of aromatic nitrogens is 1. The van der Waals surface area contributed by atoms with Gasteiger partial charge in [-0.2, -0.15) is 5.26 Å². The van der Waals surface area contributed by atoms with E-state index in [1.54, 1.807) is 0 Å². The monoisotopic (exact) mass is 313 g/mol. The van der Waals surface area contributed by atoms with Gasteiger partial charge >= 0.3 is 5.97 Å². The molecule has 1 aromatic heterocycles. The lowest BCUT2D eigenvalue weighted by Gasteiger charge is -2.04. The fourth-order valence-corrected chi connectivity index (χ4v) is 2.97. The molecular weight excluding hydrogens is 294 g/mol. The van der Waals surface area contributed by atoms with E-state index >= 15 is 0 Å². The van der Waals surface area contributed by atoms with Crippen LogP contribution in [0.4, 0.5) is 0 Å². The normalized spacial score (nSPS) is 11.2. The maximum absolute atomic E-state index is 12.1. The minimum atomic E-state index is -3.72. The van der Waals surface area contributed by atoms with Crippen molar-refractivity contribution in [3.8, 4) is 6.07 Å². The predicted octanol–water partition coefficient (Wildman–Crippen LogP) is 1.57. The van der Waals surface area contributed by atoms with E-state index in [4.69, 9.17) is 10.4 Å². The molecule has 0 aliphatic carbocycles. The number of sulfonamides is 1. The van der Waals surface area contributed by atoms with Crippen molar-refractivity contribution in [2.45, 2.75) is 44.0 Å². The first kappa shape index (κ1) is 17.2. The Morgan fingerprint density at radius 1 is 1.48 bits per heavy atom. The number of hydrogen-bond donors (Lipinski definition) is 2. The van der Waals surface area contributed by atoms with Crippen molar-refractivity contribution in [2.24, 2.45) is 0 Å². The van der Waals surface area contributed by atoms with Crippen LogP contribution in [-0.2, 0) is 16.6 Å². The molecule has 1 heterocycles. The van der Waals surface area contributed by atoms with Crippen LogP contribution in [0.15, 0.2) is 17.2 Å². The molecule has 8 heteroatoms. The molecule has 0 unspecified atom stereocenters. The molecule has 7 nitrogen and oxygen atoms in total. The molecule has 0 aromatic carbocycles. The molecule has 0 radical (unpaired) electrons. The third-order valence-corrected chi connectivity index (χ3v) is 4.30. The highest BCUT2D eigenvalue weighted by atomic mass is 32.2. The Morgan fingerprint density at radius 3 is 2.76 bits per heavy atom. The maximum Gasteiger partial charge on any atom is 0.352 e. The van der Waals surface area contributed by atoms with Gasteiger partial charge in [-0.05, 0) is 25.3 Å². The topological polar surface area (TPSA) is 112 Å². The zero-order valence-corrected chi connectivity index (χ0v) is 12.7. The van der Waals surface area contributed by atoms with Crippen LogP contribution >= 0.6 is 0 Å². The Morgan fingerprint density at radius 2 is 2.19 bits per heavy atom. The number of carboxylic acid groups (broad SMARTS) is 1. The molecule has 0 aliphatic heterocycles. The molecule has 2 N–H and O–H groups in total. The highest BCUT2D eigenvalue weighted by Crippen LogP contribution is 2.15. The van der Waals surface area contributed by atoms with Gasteiger partial charge in [0.2, 0.25) is 10.0 Å². The summed E-state index contributed by atoms with van der Waals surface area (Å²) in [6, 6.07) is 3.15. The van der Waals surface area contributed by atoms with E-state index < -0.39 is 16.0 Å². The van der Waals surface area contributed by atoms with Crippen LogP contribution in [0.2, 0.25) is 0 Å². The van der Waals surface area contributed by atoms with Crippen molar-refractivity contribution in [3.63, 3.8) is 0 Å². The summed E-state index contributed by atoms with van der Waals surface area (Å²) in [5, 5.41) is 17.5. The van der Waals surface area contributed by atoms with E-state index in [1.807, 2.05) is 13.0 Å². The fourth-order valence-electron chi connectivity index (χ4n) is 1.85. The average molecular weight is 313 g/mol. The minimum absolute atomic E-state index is 0.0401. The summed E-state index contributed by atoms with van der Waals surface area (Å²) in [5.74, 6) is -1.15. The highest BCUT2D eigenvalue weighted by Gasteiger charge is 2.20. The standard InChI is InChI=1S/C13H19N3O4S/c1-2-8-16-10-11(9-12(16)13(17)18)21(19,20)15-7-5-3-4-6-14/h9-10,15H,2-5,7-8H2,1H3,(H,17,18). The van der Waals surface area contributed by atoms with Crippen molar-refractivity contribution in [3.05, 3.63) is 18.0 Å². The maximum atomic E-state index is 12.1. The minimum Gasteiger partial charge on any atom is -0.477 e. The number of carbonyl (C=O) groups is 1. The number of nitrogens with zero attached hydrogens (tertiary/aromatic N) is 2. The SMILES string of the molecule is CCCn1cc(S(=O)(=O)NCCCCC#N)cc1C(=O)O. The summed E-state index contributed by atoms with van der Waals surface area (Å²) in [6.45, 7) is 2.55. The van der Waals surface area contributed by atoms with E-state index in [9.17, 15) is 13.2 Å². The number of unbranched alkanes of at least 4 members (excludes halogenated alkanes) is 2. The molecule has 1 aromatic rings. The number of hydrogen-bond acceptors (Lipinski definition) is 4. The summed E-state index contributed by atoms with van der Waals surface area (Å²) in [6.07, 6.45) is 3.61. The quantitative estimate of drug-likeness (QED) is 0.672. The number of carboxylic acids is 1. The van der Waals surface area contributed by atoms with Gasteiger partial charge in [0.05, 0.1) is 6.07 Å². The van der Waals surface area contributed by atoms with Crippen molar-refractivity contribution in [1.82, 2.24) is 9.29 Å². The smallest absolute Gasteiger partial charge is 0.352 e. The molecule has 0 aliphatic rings. The molecule has 0 atom stereocenters.